The Morgan fingerprint density at radius 2 is 1.90 bits per heavy atom. The van der Waals surface area contributed by atoms with Crippen LogP contribution >= 0.6 is 23.2 Å². The highest BCUT2D eigenvalue weighted by atomic mass is 35.5. The number of aliphatic hydroxyl groups is 1. The number of aliphatic hydroxyl groups excluding tert-OH is 1. The molecule has 4 N–H and O–H groups in total. The molecular weight excluding hydrogens is 311 g/mol. The fourth-order valence-corrected chi connectivity index (χ4v) is 2.24. The van der Waals surface area contributed by atoms with Gasteiger partial charge in [-0.05, 0) is 17.7 Å². The van der Waals surface area contributed by atoms with Crippen LogP contribution in [-0.4, -0.2) is 17.6 Å². The summed E-state index contributed by atoms with van der Waals surface area (Å²) in [4.78, 5) is 12.2. The molecule has 2 aromatic rings. The number of rotatable bonds is 4. The first kappa shape index (κ1) is 15.6. The van der Waals surface area contributed by atoms with E-state index < -0.39 is 6.04 Å². The summed E-state index contributed by atoms with van der Waals surface area (Å²) in [6.45, 7) is -0.216. The van der Waals surface area contributed by atoms with Gasteiger partial charge in [-0.25, -0.2) is 0 Å². The van der Waals surface area contributed by atoms with Crippen molar-refractivity contribution in [1.82, 2.24) is 5.32 Å². The molecule has 2 rings (SSSR count). The third-order valence-corrected chi connectivity index (χ3v) is 3.83. The maximum atomic E-state index is 12.2. The van der Waals surface area contributed by atoms with E-state index in [2.05, 4.69) is 5.32 Å². The number of nitrogens with one attached hydrogen (secondary N) is 1. The average molecular weight is 325 g/mol. The van der Waals surface area contributed by atoms with Crippen molar-refractivity contribution in [2.45, 2.75) is 6.04 Å². The fourth-order valence-electron chi connectivity index (χ4n) is 1.90. The van der Waals surface area contributed by atoms with Crippen LogP contribution in [0.15, 0.2) is 42.5 Å². The van der Waals surface area contributed by atoms with E-state index in [0.717, 1.165) is 5.56 Å². The third kappa shape index (κ3) is 3.67. The highest BCUT2D eigenvalue weighted by Crippen LogP contribution is 2.29. The van der Waals surface area contributed by atoms with Crippen LogP contribution in [0.4, 0.5) is 5.69 Å². The first-order chi connectivity index (χ1) is 10.0. The Balaban J connectivity index is 2.21. The molecule has 2 aromatic carbocycles. The van der Waals surface area contributed by atoms with Crippen LogP contribution in [0.25, 0.3) is 0 Å². The van der Waals surface area contributed by atoms with Gasteiger partial charge in [-0.2, -0.15) is 0 Å². The smallest absolute Gasteiger partial charge is 0.251 e. The largest absolute Gasteiger partial charge is 0.397 e. The molecule has 0 aliphatic rings. The van der Waals surface area contributed by atoms with Gasteiger partial charge < -0.3 is 16.2 Å². The number of nitrogens with two attached hydrogens (primary N) is 1. The molecule has 0 aromatic heterocycles. The minimum atomic E-state index is -0.505. The Labute approximate surface area is 132 Å². The SMILES string of the molecule is Nc1cc(C(=O)NC(CO)c2ccccc2)cc(Cl)c1Cl. The molecular formula is C15H14Cl2N2O2. The zero-order chi connectivity index (χ0) is 15.4. The van der Waals surface area contributed by atoms with Crippen LogP contribution in [-0.2, 0) is 0 Å². The summed E-state index contributed by atoms with van der Waals surface area (Å²) in [6, 6.07) is 11.6. The standard InChI is InChI=1S/C15H14Cl2N2O2/c16-11-6-10(7-12(18)14(11)17)15(21)19-13(8-20)9-4-2-1-3-5-9/h1-7,13,20H,8,18H2,(H,19,21). The van der Waals surface area contributed by atoms with Crippen LogP contribution in [0.3, 0.4) is 0 Å². The summed E-state index contributed by atoms with van der Waals surface area (Å²) in [5.74, 6) is -0.386. The Morgan fingerprint density at radius 3 is 2.48 bits per heavy atom. The second kappa shape index (κ2) is 6.80. The second-order valence-electron chi connectivity index (χ2n) is 4.48. The van der Waals surface area contributed by atoms with Gasteiger partial charge in [0.15, 0.2) is 0 Å². The first-order valence-electron chi connectivity index (χ1n) is 6.24. The molecule has 1 atom stereocenters. The van der Waals surface area contributed by atoms with E-state index >= 15 is 0 Å². The summed E-state index contributed by atoms with van der Waals surface area (Å²) >= 11 is 11.8. The molecule has 0 saturated heterocycles. The Morgan fingerprint density at radius 1 is 1.24 bits per heavy atom. The molecule has 0 spiro atoms. The van der Waals surface area contributed by atoms with Gasteiger partial charge in [0.05, 0.1) is 28.4 Å². The van der Waals surface area contributed by atoms with Crippen molar-refractivity contribution in [3.63, 3.8) is 0 Å². The van der Waals surface area contributed by atoms with Crippen LogP contribution < -0.4 is 11.1 Å². The molecule has 6 heteroatoms. The monoisotopic (exact) mass is 324 g/mol. The van der Waals surface area contributed by atoms with Gasteiger partial charge in [-0.15, -0.1) is 0 Å². The van der Waals surface area contributed by atoms with E-state index in [4.69, 9.17) is 28.9 Å². The number of carbonyl (C=O) groups excluding carboxylic acids is 1. The van der Waals surface area contributed by atoms with Crippen molar-refractivity contribution < 1.29 is 9.90 Å². The van der Waals surface area contributed by atoms with Crippen molar-refractivity contribution in [3.05, 3.63) is 63.6 Å². The summed E-state index contributed by atoms with van der Waals surface area (Å²) in [5, 5.41) is 12.6. The lowest BCUT2D eigenvalue weighted by atomic mass is 10.1. The van der Waals surface area contributed by atoms with Gasteiger partial charge in [-0.1, -0.05) is 53.5 Å². The van der Waals surface area contributed by atoms with E-state index in [1.807, 2.05) is 30.3 Å². The molecule has 0 radical (unpaired) electrons. The number of halogens is 2. The second-order valence-corrected chi connectivity index (χ2v) is 5.27. The number of nitrogen functional groups attached to an aromatic ring is 1. The van der Waals surface area contributed by atoms with Crippen LogP contribution in [0.1, 0.15) is 22.0 Å². The molecule has 1 unspecified atom stereocenters. The molecule has 110 valence electrons. The minimum absolute atomic E-state index is 0.210. The summed E-state index contributed by atoms with van der Waals surface area (Å²) in [5.41, 5.74) is 7.01. The van der Waals surface area contributed by atoms with Crippen LogP contribution in [0, 0.1) is 0 Å². The van der Waals surface area contributed by atoms with E-state index in [0.29, 0.717) is 0 Å². The number of anilines is 1. The molecule has 21 heavy (non-hydrogen) atoms. The van der Waals surface area contributed by atoms with Crippen molar-refractivity contribution in [3.8, 4) is 0 Å². The van der Waals surface area contributed by atoms with E-state index in [-0.39, 0.29) is 33.8 Å². The van der Waals surface area contributed by atoms with Gasteiger partial charge >= 0.3 is 0 Å². The number of benzene rings is 2. The Kier molecular flexibility index (Phi) is 5.07. The predicted molar refractivity (Wildman–Crippen MR) is 84.6 cm³/mol. The Hall–Kier alpha value is -1.75. The lowest BCUT2D eigenvalue weighted by Gasteiger charge is -2.17. The quantitative estimate of drug-likeness (QED) is 0.756. The predicted octanol–water partition coefficient (Wildman–Crippen LogP) is 3.04. The third-order valence-electron chi connectivity index (χ3n) is 3.01. The molecule has 0 heterocycles. The zero-order valence-corrected chi connectivity index (χ0v) is 12.5. The highest BCUT2D eigenvalue weighted by molar-refractivity contribution is 6.43. The molecule has 0 aliphatic carbocycles. The lowest BCUT2D eigenvalue weighted by Crippen LogP contribution is -2.30. The molecule has 1 amide bonds. The average Bonchev–Trinajstić information content (AvgIpc) is 2.50. The van der Waals surface area contributed by atoms with E-state index in [9.17, 15) is 9.90 Å². The van der Waals surface area contributed by atoms with Crippen LogP contribution in [0.2, 0.25) is 10.0 Å². The summed E-state index contributed by atoms with van der Waals surface area (Å²) in [6.07, 6.45) is 0. The van der Waals surface area contributed by atoms with Crippen molar-refractivity contribution in [1.29, 1.82) is 0 Å². The maximum Gasteiger partial charge on any atom is 0.251 e. The molecule has 0 fully saturated rings. The normalized spacial score (nSPS) is 12.0. The summed E-state index contributed by atoms with van der Waals surface area (Å²) < 4.78 is 0. The fraction of sp³-hybridized carbons (Fsp3) is 0.133. The minimum Gasteiger partial charge on any atom is -0.397 e. The van der Waals surface area contributed by atoms with E-state index in [1.54, 1.807) is 0 Å². The Bertz CT molecular complexity index is 624. The number of amides is 1. The number of carbonyl (C=O) groups is 1. The first-order valence-corrected chi connectivity index (χ1v) is 6.99. The van der Waals surface area contributed by atoms with Gasteiger partial charge in [0.1, 0.15) is 0 Å². The zero-order valence-electron chi connectivity index (χ0n) is 11.0. The maximum absolute atomic E-state index is 12.2. The number of hydrogen-bond donors (Lipinski definition) is 3. The van der Waals surface area contributed by atoms with Crippen molar-refractivity contribution in [2.24, 2.45) is 0 Å². The van der Waals surface area contributed by atoms with Gasteiger partial charge in [0.25, 0.3) is 5.91 Å². The van der Waals surface area contributed by atoms with Gasteiger partial charge in [0, 0.05) is 5.56 Å². The lowest BCUT2D eigenvalue weighted by molar-refractivity contribution is 0.0916. The molecule has 0 aliphatic heterocycles. The topological polar surface area (TPSA) is 75.4 Å². The van der Waals surface area contributed by atoms with Crippen LogP contribution in [0.5, 0.6) is 0 Å². The summed E-state index contributed by atoms with van der Waals surface area (Å²) in [7, 11) is 0. The van der Waals surface area contributed by atoms with Crippen molar-refractivity contribution >= 4 is 34.8 Å². The molecule has 0 bridgehead atoms. The molecule has 4 nitrogen and oxygen atoms in total. The molecule has 0 saturated carbocycles. The van der Waals surface area contributed by atoms with E-state index in [1.165, 1.54) is 12.1 Å². The highest BCUT2D eigenvalue weighted by Gasteiger charge is 2.16. The van der Waals surface area contributed by atoms with Crippen molar-refractivity contribution in [2.75, 3.05) is 12.3 Å². The number of hydrogen-bond acceptors (Lipinski definition) is 3. The van der Waals surface area contributed by atoms with Gasteiger partial charge in [0.2, 0.25) is 0 Å². The van der Waals surface area contributed by atoms with Gasteiger partial charge in [-0.3, -0.25) is 4.79 Å².